The van der Waals surface area contributed by atoms with E-state index in [1.54, 1.807) is 24.3 Å². The predicted molar refractivity (Wildman–Crippen MR) is 107 cm³/mol. The summed E-state index contributed by atoms with van der Waals surface area (Å²) in [6, 6.07) is 5.77. The van der Waals surface area contributed by atoms with Gasteiger partial charge in [-0.3, -0.25) is 9.59 Å². The Labute approximate surface area is 166 Å². The fourth-order valence-corrected chi connectivity index (χ4v) is 4.30. The first-order valence-electron chi connectivity index (χ1n) is 9.43. The predicted octanol–water partition coefficient (Wildman–Crippen LogP) is 3.31. The molecule has 0 aliphatic carbocycles. The van der Waals surface area contributed by atoms with E-state index in [4.69, 9.17) is 4.52 Å². The molecule has 3 aromatic rings. The van der Waals surface area contributed by atoms with Crippen LogP contribution in [-0.2, 0) is 4.79 Å². The van der Waals surface area contributed by atoms with Crippen LogP contribution in [0.25, 0.3) is 21.7 Å². The van der Waals surface area contributed by atoms with Gasteiger partial charge >= 0.3 is 0 Å². The molecule has 3 aromatic heterocycles. The first kappa shape index (κ1) is 18.6. The summed E-state index contributed by atoms with van der Waals surface area (Å²) in [5.74, 6) is -0.156. The highest BCUT2D eigenvalue weighted by Gasteiger charge is 2.21. The number of pyridine rings is 1. The second-order valence-corrected chi connectivity index (χ2v) is 8.30. The second-order valence-electron chi connectivity index (χ2n) is 7.01. The van der Waals surface area contributed by atoms with E-state index in [2.05, 4.69) is 15.5 Å². The maximum absolute atomic E-state index is 12.9. The molecule has 0 spiro atoms. The van der Waals surface area contributed by atoms with Gasteiger partial charge in [0.25, 0.3) is 11.6 Å². The summed E-state index contributed by atoms with van der Waals surface area (Å²) in [4.78, 5) is 33.6. The molecule has 0 bridgehead atoms. The van der Waals surface area contributed by atoms with E-state index < -0.39 is 0 Å². The maximum atomic E-state index is 12.9. The number of nitrogens with one attached hydrogen (secondary N) is 1. The zero-order valence-electron chi connectivity index (χ0n) is 15.9. The minimum absolute atomic E-state index is 0.0913. The minimum atomic E-state index is -0.248. The molecule has 1 N–H and O–H groups in total. The van der Waals surface area contributed by atoms with Gasteiger partial charge in [-0.15, -0.1) is 11.3 Å². The number of rotatable bonds is 5. The topological polar surface area (TPSA) is 88.3 Å². The maximum Gasteiger partial charge on any atom is 0.259 e. The molecule has 2 amide bonds. The monoisotopic (exact) mass is 398 g/mol. The summed E-state index contributed by atoms with van der Waals surface area (Å²) in [5.41, 5.74) is 2.12. The standard InChI is InChI=1S/C20H22N4O3S/c1-12-5-6-16(28-12)15-11-14(18-13(2)23-27-20(18)22-15)19(26)21-8-7-17(25)24-9-3-4-10-24/h5-6,11H,3-4,7-10H2,1-2H3,(H,21,26). The van der Waals surface area contributed by atoms with Crippen molar-refractivity contribution < 1.29 is 14.1 Å². The van der Waals surface area contributed by atoms with E-state index in [-0.39, 0.29) is 11.8 Å². The smallest absolute Gasteiger partial charge is 0.259 e. The molecule has 4 heterocycles. The van der Waals surface area contributed by atoms with Gasteiger partial charge in [0.2, 0.25) is 5.91 Å². The molecule has 28 heavy (non-hydrogen) atoms. The van der Waals surface area contributed by atoms with Gasteiger partial charge < -0.3 is 14.7 Å². The first-order chi connectivity index (χ1) is 13.5. The van der Waals surface area contributed by atoms with Crippen LogP contribution in [0.2, 0.25) is 0 Å². The SMILES string of the molecule is Cc1ccc(-c2cc(C(=O)NCCC(=O)N3CCCC3)c3c(C)noc3n2)s1. The van der Waals surface area contributed by atoms with Gasteiger partial charge in [0.1, 0.15) is 0 Å². The summed E-state index contributed by atoms with van der Waals surface area (Å²) < 4.78 is 5.32. The largest absolute Gasteiger partial charge is 0.351 e. The molecule has 0 saturated carbocycles. The highest BCUT2D eigenvalue weighted by molar-refractivity contribution is 7.15. The number of amides is 2. The number of hydrogen-bond acceptors (Lipinski definition) is 6. The van der Waals surface area contributed by atoms with Crippen molar-refractivity contribution in [3.05, 3.63) is 34.3 Å². The summed E-state index contributed by atoms with van der Waals surface area (Å²) in [5, 5.41) is 7.44. The molecular formula is C20H22N4O3S. The third kappa shape index (κ3) is 3.64. The Morgan fingerprint density at radius 2 is 2.04 bits per heavy atom. The molecule has 0 unspecified atom stereocenters. The number of likely N-dealkylation sites (tertiary alicyclic amines) is 1. The molecule has 4 rings (SSSR count). The molecule has 0 radical (unpaired) electrons. The summed E-state index contributed by atoms with van der Waals surface area (Å²) in [6.07, 6.45) is 2.43. The Hall–Kier alpha value is -2.74. The van der Waals surface area contributed by atoms with Crippen LogP contribution in [0.5, 0.6) is 0 Å². The van der Waals surface area contributed by atoms with Crippen molar-refractivity contribution in [2.75, 3.05) is 19.6 Å². The molecule has 0 atom stereocenters. The number of nitrogens with zero attached hydrogens (tertiary/aromatic N) is 3. The molecule has 1 aliphatic rings. The van der Waals surface area contributed by atoms with Crippen LogP contribution in [0, 0.1) is 13.8 Å². The van der Waals surface area contributed by atoms with Crippen molar-refractivity contribution in [1.29, 1.82) is 0 Å². The number of thiophene rings is 1. The number of aromatic nitrogens is 2. The highest BCUT2D eigenvalue weighted by atomic mass is 32.1. The molecule has 1 saturated heterocycles. The molecule has 146 valence electrons. The Kier molecular flexibility index (Phi) is 5.13. The van der Waals surface area contributed by atoms with Crippen molar-refractivity contribution >= 4 is 34.3 Å². The zero-order chi connectivity index (χ0) is 19.7. The minimum Gasteiger partial charge on any atom is -0.351 e. The highest BCUT2D eigenvalue weighted by Crippen LogP contribution is 2.31. The van der Waals surface area contributed by atoms with Crippen molar-refractivity contribution in [3.63, 3.8) is 0 Å². The summed E-state index contributed by atoms with van der Waals surface area (Å²) >= 11 is 1.61. The van der Waals surface area contributed by atoms with Gasteiger partial charge in [0, 0.05) is 30.9 Å². The average Bonchev–Trinajstić information content (AvgIpc) is 3.42. The van der Waals surface area contributed by atoms with Crippen molar-refractivity contribution in [3.8, 4) is 10.6 Å². The van der Waals surface area contributed by atoms with E-state index in [1.165, 1.54) is 0 Å². The quantitative estimate of drug-likeness (QED) is 0.712. The van der Waals surface area contributed by atoms with Crippen molar-refractivity contribution in [2.45, 2.75) is 33.1 Å². The number of hydrogen-bond donors (Lipinski definition) is 1. The Morgan fingerprint density at radius 3 is 2.75 bits per heavy atom. The normalized spacial score (nSPS) is 14.0. The lowest BCUT2D eigenvalue weighted by atomic mass is 10.1. The van der Waals surface area contributed by atoms with E-state index in [9.17, 15) is 9.59 Å². The van der Waals surface area contributed by atoms with Crippen molar-refractivity contribution in [1.82, 2.24) is 20.4 Å². The number of carbonyl (C=O) groups excluding carboxylic acids is 2. The van der Waals surface area contributed by atoms with Crippen LogP contribution in [0.1, 0.15) is 40.2 Å². The number of aryl methyl sites for hydroxylation is 2. The fourth-order valence-electron chi connectivity index (χ4n) is 3.48. The van der Waals surface area contributed by atoms with E-state index in [0.29, 0.717) is 41.0 Å². The van der Waals surface area contributed by atoms with Crippen LogP contribution in [0.3, 0.4) is 0 Å². The number of fused-ring (bicyclic) bond motifs is 1. The van der Waals surface area contributed by atoms with Gasteiger partial charge in [0.05, 0.1) is 27.2 Å². The lowest BCUT2D eigenvalue weighted by Crippen LogP contribution is -2.32. The van der Waals surface area contributed by atoms with Crippen molar-refractivity contribution in [2.24, 2.45) is 0 Å². The summed E-state index contributed by atoms with van der Waals surface area (Å²) in [7, 11) is 0. The molecular weight excluding hydrogens is 376 g/mol. The molecule has 1 aliphatic heterocycles. The molecule has 8 heteroatoms. The Bertz CT molecular complexity index is 1030. The Morgan fingerprint density at radius 1 is 1.25 bits per heavy atom. The van der Waals surface area contributed by atoms with Crippen LogP contribution in [0.15, 0.2) is 22.7 Å². The van der Waals surface area contributed by atoms with E-state index >= 15 is 0 Å². The van der Waals surface area contributed by atoms with E-state index in [1.807, 2.05) is 24.0 Å². The van der Waals surface area contributed by atoms with Gasteiger partial charge in [-0.05, 0) is 44.9 Å². The Balaban J connectivity index is 1.55. The second kappa shape index (κ2) is 7.71. The third-order valence-corrected chi connectivity index (χ3v) is 5.96. The first-order valence-corrected chi connectivity index (χ1v) is 10.2. The van der Waals surface area contributed by atoms with Gasteiger partial charge in [-0.1, -0.05) is 5.16 Å². The molecule has 7 nitrogen and oxygen atoms in total. The third-order valence-electron chi connectivity index (χ3n) is 4.94. The van der Waals surface area contributed by atoms with E-state index in [0.717, 1.165) is 35.7 Å². The van der Waals surface area contributed by atoms with Gasteiger partial charge in [-0.2, -0.15) is 0 Å². The zero-order valence-corrected chi connectivity index (χ0v) is 16.8. The average molecular weight is 398 g/mol. The molecule has 0 aromatic carbocycles. The lowest BCUT2D eigenvalue weighted by molar-refractivity contribution is -0.129. The van der Waals surface area contributed by atoms with Crippen LogP contribution in [-0.4, -0.2) is 46.5 Å². The summed E-state index contributed by atoms with van der Waals surface area (Å²) in [6.45, 7) is 5.75. The number of carbonyl (C=O) groups is 2. The molecule has 1 fully saturated rings. The van der Waals surface area contributed by atoms with Gasteiger partial charge in [-0.25, -0.2) is 4.98 Å². The lowest BCUT2D eigenvalue weighted by Gasteiger charge is -2.15. The van der Waals surface area contributed by atoms with Crippen LogP contribution in [0.4, 0.5) is 0 Å². The van der Waals surface area contributed by atoms with Crippen LogP contribution >= 0.6 is 11.3 Å². The van der Waals surface area contributed by atoms with Crippen LogP contribution < -0.4 is 5.32 Å². The fraction of sp³-hybridized carbons (Fsp3) is 0.400. The van der Waals surface area contributed by atoms with Gasteiger partial charge in [0.15, 0.2) is 0 Å².